The number of benzene rings is 1. The largest absolute Gasteiger partial charge is 0.493 e. The van der Waals surface area contributed by atoms with E-state index in [-0.39, 0.29) is 5.54 Å². The van der Waals surface area contributed by atoms with E-state index in [2.05, 4.69) is 20.9 Å². The first-order valence-electron chi connectivity index (χ1n) is 6.25. The summed E-state index contributed by atoms with van der Waals surface area (Å²) >= 11 is 3.49. The lowest BCUT2D eigenvalue weighted by Crippen LogP contribution is -2.04. The Morgan fingerprint density at radius 2 is 2.17 bits per heavy atom. The fraction of sp³-hybridized carbons (Fsp3) is 0.500. The van der Waals surface area contributed by atoms with Crippen LogP contribution in [0.25, 0.3) is 0 Å². The number of nitrogens with zero attached hydrogens (tertiary/aromatic N) is 1. The molecule has 0 amide bonds. The zero-order valence-electron chi connectivity index (χ0n) is 9.99. The lowest BCUT2D eigenvalue weighted by molar-refractivity contribution is 0.299. The van der Waals surface area contributed by atoms with E-state index in [9.17, 15) is 4.79 Å². The first kappa shape index (κ1) is 11.9. The summed E-state index contributed by atoms with van der Waals surface area (Å²) in [6.45, 7) is 0.792. The van der Waals surface area contributed by atoms with Gasteiger partial charge in [-0.1, -0.05) is 15.9 Å². The predicted octanol–water partition coefficient (Wildman–Crippen LogP) is 3.56. The fourth-order valence-electron chi connectivity index (χ4n) is 2.08. The minimum atomic E-state index is -0.330. The van der Waals surface area contributed by atoms with Crippen LogP contribution in [0.3, 0.4) is 0 Å². The molecule has 3 nitrogen and oxygen atoms in total. The van der Waals surface area contributed by atoms with Gasteiger partial charge in [0.1, 0.15) is 5.75 Å². The Hall–Kier alpha value is -1.12. The summed E-state index contributed by atoms with van der Waals surface area (Å²) in [5.74, 6) is 1.59. The number of hydrogen-bond acceptors (Lipinski definition) is 3. The predicted molar refractivity (Wildman–Crippen MR) is 71.4 cm³/mol. The van der Waals surface area contributed by atoms with E-state index in [0.29, 0.717) is 0 Å². The van der Waals surface area contributed by atoms with Crippen molar-refractivity contribution in [3.8, 4) is 5.75 Å². The molecule has 1 aromatic carbocycles. The molecule has 0 N–H and O–H groups in total. The highest BCUT2D eigenvalue weighted by Crippen LogP contribution is 2.50. The zero-order chi connectivity index (χ0) is 12.6. The van der Waals surface area contributed by atoms with Gasteiger partial charge in [-0.2, -0.15) is 4.99 Å². The molecule has 1 aromatic rings. The van der Waals surface area contributed by atoms with Crippen molar-refractivity contribution in [1.82, 2.24) is 0 Å². The van der Waals surface area contributed by atoms with Crippen LogP contribution >= 0.6 is 15.9 Å². The maximum absolute atomic E-state index is 10.5. The lowest BCUT2D eigenvalue weighted by atomic mass is 10.1. The number of hydrogen-bond donors (Lipinski definition) is 0. The smallest absolute Gasteiger partial charge is 0.235 e. The molecule has 4 heteroatoms. The van der Waals surface area contributed by atoms with Gasteiger partial charge in [-0.25, -0.2) is 4.79 Å². The fourth-order valence-corrected chi connectivity index (χ4v) is 2.56. The average molecular weight is 308 g/mol. The molecule has 0 aliphatic heterocycles. The van der Waals surface area contributed by atoms with Gasteiger partial charge in [-0.05, 0) is 55.4 Å². The number of ether oxygens (including phenoxy) is 1. The van der Waals surface area contributed by atoms with E-state index in [1.165, 1.54) is 12.8 Å². The molecule has 0 bridgehead atoms. The minimum Gasteiger partial charge on any atom is -0.493 e. The molecule has 0 heterocycles. The van der Waals surface area contributed by atoms with Gasteiger partial charge in [-0.15, -0.1) is 0 Å². The van der Waals surface area contributed by atoms with Crippen molar-refractivity contribution in [3.05, 3.63) is 28.2 Å². The van der Waals surface area contributed by atoms with Gasteiger partial charge in [-0.3, -0.25) is 0 Å². The van der Waals surface area contributed by atoms with Gasteiger partial charge in [0.2, 0.25) is 6.08 Å². The van der Waals surface area contributed by atoms with E-state index in [1.54, 1.807) is 6.08 Å². The summed E-state index contributed by atoms with van der Waals surface area (Å²) in [5.41, 5.74) is 0.717. The van der Waals surface area contributed by atoms with Crippen LogP contribution in [0, 0.1) is 5.92 Å². The summed E-state index contributed by atoms with van der Waals surface area (Å²) in [6.07, 6.45) is 6.08. The Kier molecular flexibility index (Phi) is 3.00. The molecular weight excluding hydrogens is 294 g/mol. The summed E-state index contributed by atoms with van der Waals surface area (Å²) in [7, 11) is 0. The van der Waals surface area contributed by atoms with Crippen molar-refractivity contribution >= 4 is 22.0 Å². The maximum atomic E-state index is 10.5. The van der Waals surface area contributed by atoms with Crippen molar-refractivity contribution in [2.75, 3.05) is 6.61 Å². The molecule has 0 saturated heterocycles. The Bertz CT molecular complexity index is 515. The molecule has 2 aliphatic rings. The minimum absolute atomic E-state index is 0.330. The standard InChI is InChI=1S/C14H14BrNO2/c15-12-5-11(14(3-4-14)16-9-17)6-13(7-12)18-8-10-1-2-10/h5-7,10H,1-4,8H2. The van der Waals surface area contributed by atoms with Gasteiger partial charge in [0.25, 0.3) is 0 Å². The van der Waals surface area contributed by atoms with Crippen LogP contribution in [0.2, 0.25) is 0 Å². The van der Waals surface area contributed by atoms with Crippen molar-refractivity contribution in [2.45, 2.75) is 31.2 Å². The first-order chi connectivity index (χ1) is 8.72. The van der Waals surface area contributed by atoms with E-state index >= 15 is 0 Å². The molecule has 0 radical (unpaired) electrons. The Labute approximate surface area is 114 Å². The van der Waals surface area contributed by atoms with Crippen LogP contribution in [-0.2, 0) is 10.3 Å². The normalized spacial score (nSPS) is 20.1. The third-order valence-corrected chi connectivity index (χ3v) is 4.03. The monoisotopic (exact) mass is 307 g/mol. The number of isocyanates is 1. The molecule has 0 aromatic heterocycles. The van der Waals surface area contributed by atoms with Crippen molar-refractivity contribution in [2.24, 2.45) is 10.9 Å². The second-order valence-electron chi connectivity index (χ2n) is 5.16. The average Bonchev–Trinajstić information content (AvgIpc) is 3.22. The third-order valence-electron chi connectivity index (χ3n) is 3.57. The number of aliphatic imine (C=N–C) groups is 1. The number of carbonyl (C=O) groups excluding carboxylic acids is 1. The molecule has 0 spiro atoms. The van der Waals surface area contributed by atoms with Crippen molar-refractivity contribution in [1.29, 1.82) is 0 Å². The summed E-state index contributed by atoms with van der Waals surface area (Å²) in [4.78, 5) is 14.4. The first-order valence-corrected chi connectivity index (χ1v) is 7.04. The van der Waals surface area contributed by atoms with E-state index < -0.39 is 0 Å². The van der Waals surface area contributed by atoms with Crippen molar-refractivity contribution < 1.29 is 9.53 Å². The van der Waals surface area contributed by atoms with E-state index in [0.717, 1.165) is 41.2 Å². The molecule has 3 rings (SSSR count). The van der Waals surface area contributed by atoms with Crippen LogP contribution in [0.1, 0.15) is 31.2 Å². The highest BCUT2D eigenvalue weighted by Gasteiger charge is 2.45. The van der Waals surface area contributed by atoms with E-state index in [4.69, 9.17) is 4.74 Å². The Balaban J connectivity index is 1.83. The van der Waals surface area contributed by atoms with Crippen LogP contribution < -0.4 is 4.74 Å². The Morgan fingerprint density at radius 3 is 2.78 bits per heavy atom. The summed E-state index contributed by atoms with van der Waals surface area (Å²) in [5, 5.41) is 0. The third kappa shape index (κ3) is 2.50. The lowest BCUT2D eigenvalue weighted by Gasteiger charge is -2.12. The molecule has 0 unspecified atom stereocenters. The molecular formula is C14H14BrNO2. The van der Waals surface area contributed by atoms with Crippen LogP contribution in [0.15, 0.2) is 27.7 Å². The van der Waals surface area contributed by atoms with Crippen LogP contribution in [0.5, 0.6) is 5.75 Å². The van der Waals surface area contributed by atoms with Crippen LogP contribution in [0.4, 0.5) is 0 Å². The quantitative estimate of drug-likeness (QED) is 0.616. The summed E-state index contributed by atoms with van der Waals surface area (Å²) in [6, 6.07) is 5.98. The van der Waals surface area contributed by atoms with Gasteiger partial charge in [0.15, 0.2) is 0 Å². The second-order valence-corrected chi connectivity index (χ2v) is 6.08. The molecule has 2 saturated carbocycles. The van der Waals surface area contributed by atoms with Gasteiger partial charge in [0.05, 0.1) is 12.1 Å². The number of rotatable bonds is 5. The highest BCUT2D eigenvalue weighted by molar-refractivity contribution is 9.10. The molecule has 2 aliphatic carbocycles. The van der Waals surface area contributed by atoms with Crippen LogP contribution in [-0.4, -0.2) is 12.7 Å². The molecule has 0 atom stereocenters. The van der Waals surface area contributed by atoms with Crippen molar-refractivity contribution in [3.63, 3.8) is 0 Å². The van der Waals surface area contributed by atoms with Gasteiger partial charge in [0, 0.05) is 4.47 Å². The number of halogens is 1. The Morgan fingerprint density at radius 1 is 1.39 bits per heavy atom. The maximum Gasteiger partial charge on any atom is 0.235 e. The molecule has 2 fully saturated rings. The SMILES string of the molecule is O=C=NC1(c2cc(Br)cc(OCC3CC3)c2)CC1. The zero-order valence-corrected chi connectivity index (χ0v) is 11.6. The van der Waals surface area contributed by atoms with E-state index in [1.807, 2.05) is 18.2 Å². The van der Waals surface area contributed by atoms with Gasteiger partial charge >= 0.3 is 0 Å². The second kappa shape index (κ2) is 4.52. The topological polar surface area (TPSA) is 38.7 Å². The molecule has 94 valence electrons. The highest BCUT2D eigenvalue weighted by atomic mass is 79.9. The van der Waals surface area contributed by atoms with Gasteiger partial charge < -0.3 is 4.74 Å². The summed E-state index contributed by atoms with van der Waals surface area (Å²) < 4.78 is 6.75. The molecule has 18 heavy (non-hydrogen) atoms.